The second-order valence-electron chi connectivity index (χ2n) is 7.16. The average Bonchev–Trinajstić information content (AvgIpc) is 3.04. The van der Waals surface area contributed by atoms with E-state index >= 15 is 0 Å². The molecule has 1 amide bonds. The molecule has 0 aliphatic carbocycles. The summed E-state index contributed by atoms with van der Waals surface area (Å²) >= 11 is 6.09. The molecule has 1 N–H and O–H groups in total. The van der Waals surface area contributed by atoms with Crippen LogP contribution in [-0.2, 0) is 17.9 Å². The Balaban J connectivity index is 1.77. The number of amides is 1. The molecule has 0 saturated heterocycles. The molecule has 29 heavy (non-hydrogen) atoms. The van der Waals surface area contributed by atoms with Crippen LogP contribution in [0.15, 0.2) is 23.0 Å². The molecule has 158 valence electrons. The number of carbonyl (C=O) groups excluding carboxylic acids is 1. The van der Waals surface area contributed by atoms with Crippen LogP contribution >= 0.6 is 11.6 Å². The second kappa shape index (κ2) is 9.54. The van der Waals surface area contributed by atoms with E-state index in [1.165, 1.54) is 21.4 Å². The Hall–Kier alpha value is -2.19. The molecule has 2 heterocycles. The molecule has 3 rings (SSSR count). The molecule has 1 unspecified atom stereocenters. The van der Waals surface area contributed by atoms with Gasteiger partial charge in [0.15, 0.2) is 0 Å². The lowest BCUT2D eigenvalue weighted by Crippen LogP contribution is -2.39. The van der Waals surface area contributed by atoms with Crippen LogP contribution in [0.2, 0.25) is 5.02 Å². The molecule has 0 fully saturated rings. The Labute approximate surface area is 174 Å². The van der Waals surface area contributed by atoms with Gasteiger partial charge in [-0.15, -0.1) is 0 Å². The summed E-state index contributed by atoms with van der Waals surface area (Å²) in [6, 6.07) is 4.39. The molecule has 9 heteroatoms. The maximum atomic E-state index is 14.1. The Morgan fingerprint density at radius 1 is 1.38 bits per heavy atom. The van der Waals surface area contributed by atoms with Crippen molar-refractivity contribution in [3.05, 3.63) is 50.9 Å². The minimum atomic E-state index is -0.485. The summed E-state index contributed by atoms with van der Waals surface area (Å²) in [5.74, 6) is -0.653. The van der Waals surface area contributed by atoms with Gasteiger partial charge in [0, 0.05) is 30.2 Å². The summed E-state index contributed by atoms with van der Waals surface area (Å²) in [7, 11) is 0. The summed E-state index contributed by atoms with van der Waals surface area (Å²) in [4.78, 5) is 27.7. The predicted molar refractivity (Wildman–Crippen MR) is 110 cm³/mol. The molecule has 1 aromatic heterocycles. The van der Waals surface area contributed by atoms with Crippen molar-refractivity contribution >= 4 is 17.5 Å². The van der Waals surface area contributed by atoms with Gasteiger partial charge in [0.05, 0.1) is 12.5 Å². The van der Waals surface area contributed by atoms with Gasteiger partial charge in [-0.1, -0.05) is 31.5 Å². The highest BCUT2D eigenvalue weighted by Gasteiger charge is 2.31. The molecule has 7 nitrogen and oxygen atoms in total. The number of halogens is 2. The Bertz CT molecular complexity index is 902. The first-order chi connectivity index (χ1) is 14.0. The van der Waals surface area contributed by atoms with Gasteiger partial charge in [-0.2, -0.15) is 5.10 Å². The van der Waals surface area contributed by atoms with Crippen LogP contribution in [0.5, 0.6) is 0 Å². The van der Waals surface area contributed by atoms with Crippen LogP contribution in [0.25, 0.3) is 0 Å². The fourth-order valence-corrected chi connectivity index (χ4v) is 3.92. The van der Waals surface area contributed by atoms with Crippen molar-refractivity contribution in [3.8, 4) is 0 Å². The van der Waals surface area contributed by atoms with Crippen LogP contribution < -0.4 is 11.0 Å². The van der Waals surface area contributed by atoms with Crippen LogP contribution in [0.3, 0.4) is 0 Å². The third-order valence-corrected chi connectivity index (χ3v) is 5.80. The van der Waals surface area contributed by atoms with Crippen LogP contribution in [-0.4, -0.2) is 51.3 Å². The highest BCUT2D eigenvalue weighted by molar-refractivity contribution is 6.31. The molecule has 0 bridgehead atoms. The topological polar surface area (TPSA) is 72.2 Å². The van der Waals surface area contributed by atoms with E-state index < -0.39 is 11.7 Å². The largest absolute Gasteiger partial charge is 0.354 e. The van der Waals surface area contributed by atoms with Gasteiger partial charge in [-0.25, -0.2) is 13.9 Å². The summed E-state index contributed by atoms with van der Waals surface area (Å²) in [6.07, 6.45) is 1.35. The normalized spacial score (nSPS) is 16.1. The molecule has 0 radical (unpaired) electrons. The molecule has 1 aromatic carbocycles. The highest BCUT2D eigenvalue weighted by atomic mass is 35.5. The van der Waals surface area contributed by atoms with E-state index in [1.807, 2.05) is 0 Å². The smallest absolute Gasteiger partial charge is 0.346 e. The molecular formula is C20H27ClFN5O2. The lowest BCUT2D eigenvalue weighted by Gasteiger charge is -2.22. The fourth-order valence-electron chi connectivity index (χ4n) is 3.69. The third-order valence-electron chi connectivity index (χ3n) is 5.45. The van der Waals surface area contributed by atoms with Gasteiger partial charge in [0.1, 0.15) is 11.6 Å². The van der Waals surface area contributed by atoms with Gasteiger partial charge in [0.25, 0.3) is 0 Å². The summed E-state index contributed by atoms with van der Waals surface area (Å²) in [6.45, 7) is 7.78. The van der Waals surface area contributed by atoms with Crippen LogP contribution in [0, 0.1) is 5.82 Å². The first kappa shape index (κ1) is 21.5. The van der Waals surface area contributed by atoms with Crippen molar-refractivity contribution in [1.29, 1.82) is 0 Å². The number of nitrogens with one attached hydrogen (secondary N) is 1. The molecule has 0 saturated carbocycles. The van der Waals surface area contributed by atoms with Crippen molar-refractivity contribution < 1.29 is 9.18 Å². The number of likely N-dealkylation sites (N-methyl/N-ethyl adjacent to an activating group) is 1. The molecule has 0 spiro atoms. The van der Waals surface area contributed by atoms with E-state index in [2.05, 4.69) is 29.2 Å². The Morgan fingerprint density at radius 3 is 2.83 bits per heavy atom. The zero-order chi connectivity index (χ0) is 21.0. The Kier molecular flexibility index (Phi) is 7.08. The predicted octanol–water partition coefficient (Wildman–Crippen LogP) is 2.22. The van der Waals surface area contributed by atoms with Crippen molar-refractivity contribution in [2.45, 2.75) is 45.7 Å². The van der Waals surface area contributed by atoms with Gasteiger partial charge < -0.3 is 10.2 Å². The van der Waals surface area contributed by atoms with E-state index in [1.54, 1.807) is 6.07 Å². The molecule has 1 aliphatic rings. The molecule has 1 aliphatic heterocycles. The molecular weight excluding hydrogens is 397 g/mol. The summed E-state index contributed by atoms with van der Waals surface area (Å²) < 4.78 is 16.8. The summed E-state index contributed by atoms with van der Waals surface area (Å²) in [5, 5.41) is 7.58. The van der Waals surface area contributed by atoms with E-state index in [9.17, 15) is 14.0 Å². The van der Waals surface area contributed by atoms with E-state index in [0.717, 1.165) is 19.6 Å². The van der Waals surface area contributed by atoms with Gasteiger partial charge in [-0.05, 0) is 38.1 Å². The molecule has 2 aromatic rings. The number of fused-ring (bicyclic) bond motifs is 1. The van der Waals surface area contributed by atoms with Crippen LogP contribution in [0.4, 0.5) is 4.39 Å². The van der Waals surface area contributed by atoms with Gasteiger partial charge in [0.2, 0.25) is 5.91 Å². The number of aromatic nitrogens is 3. The zero-order valence-corrected chi connectivity index (χ0v) is 17.6. The van der Waals surface area contributed by atoms with E-state index in [0.29, 0.717) is 31.8 Å². The zero-order valence-electron chi connectivity index (χ0n) is 16.8. The monoisotopic (exact) mass is 423 g/mol. The number of rotatable bonds is 8. The maximum absolute atomic E-state index is 14.1. The first-order valence-corrected chi connectivity index (χ1v) is 10.4. The van der Waals surface area contributed by atoms with Crippen molar-refractivity contribution in [3.63, 3.8) is 0 Å². The minimum Gasteiger partial charge on any atom is -0.354 e. The SMILES string of the molecule is CCN(CC)CCNC(=O)C1CCCn2c1nn(Cc1c(F)cccc1Cl)c2=O. The summed E-state index contributed by atoms with van der Waals surface area (Å²) in [5.41, 5.74) is -0.133. The standard InChI is InChI=1S/C20H27ClFN5O2/c1-3-25(4-2)12-10-23-19(28)14-7-6-11-26-18(14)24-27(20(26)29)13-15-16(21)8-5-9-17(15)22/h5,8-9,14H,3-4,6-7,10-13H2,1-2H3,(H,23,28). The van der Waals surface area contributed by atoms with Crippen molar-refractivity contribution in [2.24, 2.45) is 0 Å². The number of hydrogen-bond acceptors (Lipinski definition) is 4. The van der Waals surface area contributed by atoms with Crippen molar-refractivity contribution in [2.75, 3.05) is 26.2 Å². The van der Waals surface area contributed by atoms with Gasteiger partial charge >= 0.3 is 5.69 Å². The maximum Gasteiger partial charge on any atom is 0.346 e. The number of hydrogen-bond donors (Lipinski definition) is 1. The number of nitrogens with zero attached hydrogens (tertiary/aromatic N) is 4. The van der Waals surface area contributed by atoms with Crippen LogP contribution in [0.1, 0.15) is 44.0 Å². The number of carbonyl (C=O) groups is 1. The lowest BCUT2D eigenvalue weighted by atomic mass is 9.98. The minimum absolute atomic E-state index is 0.0688. The molecule has 1 atom stereocenters. The number of benzene rings is 1. The Morgan fingerprint density at radius 2 is 2.14 bits per heavy atom. The lowest BCUT2D eigenvalue weighted by molar-refractivity contribution is -0.123. The first-order valence-electron chi connectivity index (χ1n) is 10.1. The van der Waals surface area contributed by atoms with Crippen molar-refractivity contribution in [1.82, 2.24) is 24.6 Å². The highest BCUT2D eigenvalue weighted by Crippen LogP contribution is 2.25. The van der Waals surface area contributed by atoms with E-state index in [-0.39, 0.29) is 28.7 Å². The average molecular weight is 424 g/mol. The quantitative estimate of drug-likeness (QED) is 0.706. The van der Waals surface area contributed by atoms with Gasteiger partial charge in [-0.3, -0.25) is 9.36 Å². The second-order valence-corrected chi connectivity index (χ2v) is 7.57. The van der Waals surface area contributed by atoms with E-state index in [4.69, 9.17) is 11.6 Å². The fraction of sp³-hybridized carbons (Fsp3) is 0.550. The third kappa shape index (κ3) is 4.70.